The van der Waals surface area contributed by atoms with E-state index in [1.54, 1.807) is 0 Å². The van der Waals surface area contributed by atoms with Gasteiger partial charge in [-0.3, -0.25) is 4.79 Å². The van der Waals surface area contributed by atoms with E-state index in [1.165, 1.54) is 5.57 Å². The van der Waals surface area contributed by atoms with Gasteiger partial charge in [0.25, 0.3) is 0 Å². The Hall–Kier alpha value is -0.710. The van der Waals surface area contributed by atoms with Crippen LogP contribution in [-0.4, -0.2) is 27.8 Å². The topological polar surface area (TPSA) is 83.6 Å². The first-order valence-corrected chi connectivity index (χ1v) is 9.06. The highest BCUT2D eigenvalue weighted by atomic mass is 16.4. The van der Waals surface area contributed by atoms with Gasteiger partial charge in [-0.05, 0) is 54.3 Å². The summed E-state index contributed by atoms with van der Waals surface area (Å²) in [5.74, 6) is 1.94. The molecular formula is C19H29NO3. The Morgan fingerprint density at radius 3 is 2.74 bits per heavy atom. The number of nitrogens with two attached hydrogens (primary N) is 1. The predicted molar refractivity (Wildman–Crippen MR) is 87.2 cm³/mol. The van der Waals surface area contributed by atoms with Crippen LogP contribution in [0.2, 0.25) is 0 Å². The first kappa shape index (κ1) is 15.8. The Balaban J connectivity index is 1.70. The Bertz CT molecular complexity index is 583. The second-order valence-electron chi connectivity index (χ2n) is 9.26. The average molecular weight is 319 g/mol. The molecule has 4 rings (SSSR count). The molecule has 0 heterocycles. The average Bonchev–Trinajstić information content (AvgIpc) is 2.75. The lowest BCUT2D eigenvalue weighted by atomic mass is 9.47. The van der Waals surface area contributed by atoms with Gasteiger partial charge in [-0.15, -0.1) is 0 Å². The van der Waals surface area contributed by atoms with E-state index in [0.29, 0.717) is 36.4 Å². The Morgan fingerprint density at radius 2 is 2.00 bits per heavy atom. The molecule has 0 aliphatic heterocycles. The van der Waals surface area contributed by atoms with Crippen molar-refractivity contribution >= 4 is 5.78 Å². The number of rotatable bonds is 0. The Morgan fingerprint density at radius 1 is 1.26 bits per heavy atom. The maximum Gasteiger partial charge on any atom is 0.143 e. The van der Waals surface area contributed by atoms with Gasteiger partial charge in [0.15, 0.2) is 0 Å². The fraction of sp³-hybridized carbons (Fsp3) is 0.842. The van der Waals surface area contributed by atoms with Crippen LogP contribution >= 0.6 is 0 Å². The van der Waals surface area contributed by atoms with Crippen molar-refractivity contribution < 1.29 is 15.0 Å². The van der Waals surface area contributed by atoms with Gasteiger partial charge >= 0.3 is 0 Å². The van der Waals surface area contributed by atoms with Crippen LogP contribution in [0.4, 0.5) is 0 Å². The molecule has 23 heavy (non-hydrogen) atoms. The Labute approximate surface area is 138 Å². The van der Waals surface area contributed by atoms with Crippen LogP contribution in [0.5, 0.6) is 0 Å². The molecule has 4 heteroatoms. The summed E-state index contributed by atoms with van der Waals surface area (Å²) in [6, 6.07) is 0. The molecule has 128 valence electrons. The molecule has 4 aliphatic rings. The molecule has 0 aromatic heterocycles. The SMILES string of the molecule is C[C@]12CC[C@H]3[C@@H](CC=C4C[C@@](N)(O)C(O)C[C@@]43C)[C@@H]1CC(=O)C2. The van der Waals surface area contributed by atoms with Gasteiger partial charge in [0.05, 0.1) is 6.10 Å². The largest absolute Gasteiger partial charge is 0.389 e. The monoisotopic (exact) mass is 319 g/mol. The van der Waals surface area contributed by atoms with E-state index in [0.717, 1.165) is 32.1 Å². The molecule has 0 amide bonds. The van der Waals surface area contributed by atoms with Crippen LogP contribution < -0.4 is 5.73 Å². The van der Waals surface area contributed by atoms with Crippen LogP contribution in [0.15, 0.2) is 11.6 Å². The molecule has 0 spiro atoms. The van der Waals surface area contributed by atoms with Crippen molar-refractivity contribution in [2.75, 3.05) is 0 Å². The van der Waals surface area contributed by atoms with Crippen molar-refractivity contribution in [1.82, 2.24) is 0 Å². The molecule has 4 aliphatic carbocycles. The molecule has 0 aromatic rings. The third-order valence-corrected chi connectivity index (χ3v) is 7.86. The van der Waals surface area contributed by atoms with Crippen molar-refractivity contribution in [2.24, 2.45) is 34.3 Å². The summed E-state index contributed by atoms with van der Waals surface area (Å²) in [6.07, 6.45) is 7.00. The van der Waals surface area contributed by atoms with Crippen molar-refractivity contribution in [3.63, 3.8) is 0 Å². The maximum absolute atomic E-state index is 12.1. The maximum atomic E-state index is 12.1. The molecule has 4 nitrogen and oxygen atoms in total. The van der Waals surface area contributed by atoms with Crippen molar-refractivity contribution in [3.8, 4) is 0 Å². The number of carbonyl (C=O) groups excluding carboxylic acids is 1. The minimum Gasteiger partial charge on any atom is -0.389 e. The molecule has 0 saturated heterocycles. The highest BCUT2D eigenvalue weighted by Gasteiger charge is 2.59. The second kappa shape index (κ2) is 4.68. The fourth-order valence-corrected chi connectivity index (χ4v) is 6.49. The molecule has 7 atom stereocenters. The Kier molecular flexibility index (Phi) is 3.21. The number of aliphatic hydroxyl groups is 2. The second-order valence-corrected chi connectivity index (χ2v) is 9.26. The summed E-state index contributed by atoms with van der Waals surface area (Å²) in [4.78, 5) is 12.1. The van der Waals surface area contributed by atoms with Gasteiger partial charge in [0.1, 0.15) is 11.5 Å². The van der Waals surface area contributed by atoms with Gasteiger partial charge in [0, 0.05) is 19.3 Å². The van der Waals surface area contributed by atoms with E-state index in [1.807, 2.05) is 0 Å². The number of allylic oxidation sites excluding steroid dienone is 1. The lowest BCUT2D eigenvalue weighted by Crippen LogP contribution is -2.60. The van der Waals surface area contributed by atoms with Crippen LogP contribution in [-0.2, 0) is 4.79 Å². The predicted octanol–water partition coefficient (Wildman–Crippen LogP) is 2.14. The molecule has 4 N–H and O–H groups in total. The van der Waals surface area contributed by atoms with Gasteiger partial charge in [-0.25, -0.2) is 0 Å². The summed E-state index contributed by atoms with van der Waals surface area (Å²) in [5, 5.41) is 20.6. The smallest absolute Gasteiger partial charge is 0.143 e. The number of Topliss-reactive ketones (excluding diaryl/α,β-unsaturated/α-hetero) is 1. The number of ketones is 1. The van der Waals surface area contributed by atoms with E-state index in [9.17, 15) is 15.0 Å². The van der Waals surface area contributed by atoms with Gasteiger partial charge in [-0.2, -0.15) is 0 Å². The summed E-state index contributed by atoms with van der Waals surface area (Å²) in [6.45, 7) is 4.54. The molecule has 0 bridgehead atoms. The third-order valence-electron chi connectivity index (χ3n) is 7.86. The first-order chi connectivity index (χ1) is 10.7. The standard InChI is InChI=1S/C19H29NO3/c1-17-6-5-14-13(15(17)7-12(21)9-17)4-3-11-8-19(20,23)16(22)10-18(11,14)2/h3,13-16,22-23H,4-10,20H2,1-2H3/t13-,14+,15+,16?,17-,18+,19-/m1/s1. The molecule has 1 unspecified atom stereocenters. The van der Waals surface area contributed by atoms with E-state index < -0.39 is 11.8 Å². The quantitative estimate of drug-likeness (QED) is 0.472. The number of aliphatic hydroxyl groups excluding tert-OH is 1. The zero-order valence-corrected chi connectivity index (χ0v) is 14.2. The number of hydrogen-bond acceptors (Lipinski definition) is 4. The molecule has 0 aromatic carbocycles. The molecular weight excluding hydrogens is 290 g/mol. The minimum atomic E-state index is -1.50. The van der Waals surface area contributed by atoms with Crippen molar-refractivity contribution in [1.29, 1.82) is 0 Å². The summed E-state index contributed by atoms with van der Waals surface area (Å²) < 4.78 is 0. The summed E-state index contributed by atoms with van der Waals surface area (Å²) in [7, 11) is 0. The van der Waals surface area contributed by atoms with E-state index in [2.05, 4.69) is 19.9 Å². The summed E-state index contributed by atoms with van der Waals surface area (Å²) in [5.41, 5.74) is 5.73. The fourth-order valence-electron chi connectivity index (χ4n) is 6.49. The van der Waals surface area contributed by atoms with Crippen molar-refractivity contribution in [2.45, 2.75) is 70.6 Å². The molecule has 3 fully saturated rings. The minimum absolute atomic E-state index is 0.0824. The number of fused-ring (bicyclic) bond motifs is 5. The van der Waals surface area contributed by atoms with Crippen LogP contribution in [0.1, 0.15) is 58.8 Å². The van der Waals surface area contributed by atoms with Crippen LogP contribution in [0, 0.1) is 28.6 Å². The van der Waals surface area contributed by atoms with Gasteiger partial charge < -0.3 is 15.9 Å². The zero-order valence-electron chi connectivity index (χ0n) is 14.2. The van der Waals surface area contributed by atoms with Crippen LogP contribution in [0.25, 0.3) is 0 Å². The normalized spacial score (nSPS) is 55.7. The molecule has 3 saturated carbocycles. The van der Waals surface area contributed by atoms with E-state index in [-0.39, 0.29) is 10.8 Å². The lowest BCUT2D eigenvalue weighted by molar-refractivity contribution is -0.130. The summed E-state index contributed by atoms with van der Waals surface area (Å²) >= 11 is 0. The van der Waals surface area contributed by atoms with Crippen molar-refractivity contribution in [3.05, 3.63) is 11.6 Å². The van der Waals surface area contributed by atoms with E-state index in [4.69, 9.17) is 5.73 Å². The highest BCUT2D eigenvalue weighted by Crippen LogP contribution is 2.64. The number of hydrogen-bond donors (Lipinski definition) is 3. The zero-order chi connectivity index (χ0) is 16.6. The van der Waals surface area contributed by atoms with Gasteiger partial charge in [-0.1, -0.05) is 25.5 Å². The number of carbonyl (C=O) groups is 1. The van der Waals surface area contributed by atoms with E-state index >= 15 is 0 Å². The third kappa shape index (κ3) is 2.11. The molecule has 0 radical (unpaired) electrons. The highest BCUT2D eigenvalue weighted by molar-refractivity contribution is 5.82. The van der Waals surface area contributed by atoms with Crippen LogP contribution in [0.3, 0.4) is 0 Å². The lowest BCUT2D eigenvalue weighted by Gasteiger charge is -2.58. The van der Waals surface area contributed by atoms with Gasteiger partial charge in [0.2, 0.25) is 0 Å². The first-order valence-electron chi connectivity index (χ1n) is 9.06.